The Labute approximate surface area is 177 Å². The molecule has 3 aromatic carbocycles. The molecule has 0 amide bonds. The minimum atomic E-state index is -2.76. The zero-order chi connectivity index (χ0) is 21.1. The van der Waals surface area contributed by atoms with Crippen molar-refractivity contribution in [2.24, 2.45) is 5.41 Å². The normalized spacial score (nSPS) is 13.8. The summed E-state index contributed by atoms with van der Waals surface area (Å²) in [5.41, 5.74) is 0.425. The lowest BCUT2D eigenvalue weighted by Gasteiger charge is -2.43. The predicted molar refractivity (Wildman–Crippen MR) is 131 cm³/mol. The van der Waals surface area contributed by atoms with E-state index in [0.717, 1.165) is 10.6 Å². The Hall–Kier alpha value is -1.89. The first-order chi connectivity index (χ1) is 13.7. The van der Waals surface area contributed by atoms with Crippen molar-refractivity contribution in [1.29, 1.82) is 0 Å². The minimum Gasteiger partial charge on any atom is -0.314 e. The fourth-order valence-electron chi connectivity index (χ4n) is 4.61. The maximum atomic E-state index is 14.8. The van der Waals surface area contributed by atoms with Crippen molar-refractivity contribution in [1.82, 2.24) is 0 Å². The van der Waals surface area contributed by atoms with E-state index in [-0.39, 0.29) is 5.41 Å². The molecule has 0 spiro atoms. The quantitative estimate of drug-likeness (QED) is 0.351. The van der Waals surface area contributed by atoms with Gasteiger partial charge in [0.05, 0.1) is 8.07 Å². The summed E-state index contributed by atoms with van der Waals surface area (Å²) in [6.07, 6.45) is 0.707. The van der Waals surface area contributed by atoms with Crippen LogP contribution in [0, 0.1) is 5.41 Å². The van der Waals surface area contributed by atoms with E-state index < -0.39 is 15.2 Å². The zero-order valence-electron chi connectivity index (χ0n) is 18.3. The van der Waals surface area contributed by atoms with Crippen LogP contribution in [0.3, 0.4) is 0 Å². The molecule has 0 aliphatic carbocycles. The second-order valence-corrected chi connectivity index (χ2v) is 17.2. The summed E-state index contributed by atoms with van der Waals surface area (Å²) in [5, 5.41) is 3.38. The maximum Gasteiger partial charge on any atom is 0.143 e. The fraction of sp³-hybridized carbons (Fsp3) is 0.308. The lowest BCUT2D eigenvalue weighted by atomic mass is 9.92. The molecule has 1 atom stereocenters. The average Bonchev–Trinajstić information content (AvgIpc) is 2.73. The van der Waals surface area contributed by atoms with E-state index in [9.17, 15) is 4.57 Å². The standard InChI is InChI=1S/C26H33OPSi/c1-26(2,3)25(29(4,5)24-19-13-8-14-20-24)21-28(27,22-15-9-6-10-16-22)23-17-11-7-12-18-23/h6-20,25H,21H2,1-5H3/t25-/m1/s1. The number of benzene rings is 3. The van der Waals surface area contributed by atoms with E-state index in [1.54, 1.807) is 0 Å². The van der Waals surface area contributed by atoms with Gasteiger partial charge in [-0.15, -0.1) is 0 Å². The smallest absolute Gasteiger partial charge is 0.143 e. The van der Waals surface area contributed by atoms with Crippen LogP contribution >= 0.6 is 7.14 Å². The highest BCUT2D eigenvalue weighted by molar-refractivity contribution is 7.78. The molecule has 29 heavy (non-hydrogen) atoms. The van der Waals surface area contributed by atoms with Crippen LogP contribution in [-0.4, -0.2) is 14.2 Å². The first-order valence-corrected chi connectivity index (χ1v) is 15.4. The zero-order valence-corrected chi connectivity index (χ0v) is 20.2. The molecule has 3 aromatic rings. The molecule has 3 heteroatoms. The van der Waals surface area contributed by atoms with Gasteiger partial charge in [0.2, 0.25) is 0 Å². The number of hydrogen-bond acceptors (Lipinski definition) is 1. The molecule has 0 saturated carbocycles. The van der Waals surface area contributed by atoms with E-state index in [4.69, 9.17) is 0 Å². The van der Waals surface area contributed by atoms with Crippen LogP contribution in [0.5, 0.6) is 0 Å². The molecule has 0 aromatic heterocycles. The molecule has 0 aliphatic heterocycles. The van der Waals surface area contributed by atoms with Gasteiger partial charge in [-0.05, 0) is 11.0 Å². The summed E-state index contributed by atoms with van der Waals surface area (Å²) < 4.78 is 14.8. The Morgan fingerprint density at radius 2 is 1.10 bits per heavy atom. The van der Waals surface area contributed by atoms with Gasteiger partial charge < -0.3 is 4.57 Å². The van der Waals surface area contributed by atoms with Crippen molar-refractivity contribution in [2.75, 3.05) is 6.16 Å². The number of hydrogen-bond donors (Lipinski definition) is 0. The summed E-state index contributed by atoms with van der Waals surface area (Å²) in [4.78, 5) is 0. The largest absolute Gasteiger partial charge is 0.314 e. The van der Waals surface area contributed by atoms with Crippen molar-refractivity contribution >= 4 is 31.0 Å². The maximum absolute atomic E-state index is 14.8. The van der Waals surface area contributed by atoms with Gasteiger partial charge in [-0.25, -0.2) is 0 Å². The lowest BCUT2D eigenvalue weighted by molar-refractivity contribution is 0.389. The summed E-state index contributed by atoms with van der Waals surface area (Å²) in [6, 6.07) is 31.1. The van der Waals surface area contributed by atoms with Crippen molar-refractivity contribution < 1.29 is 4.57 Å². The van der Waals surface area contributed by atoms with Gasteiger partial charge in [0.25, 0.3) is 0 Å². The molecular weight excluding hydrogens is 387 g/mol. The third kappa shape index (κ3) is 4.65. The van der Waals surface area contributed by atoms with Gasteiger partial charge in [-0.2, -0.15) is 0 Å². The number of rotatable bonds is 6. The van der Waals surface area contributed by atoms with Crippen molar-refractivity contribution in [3.05, 3.63) is 91.0 Å². The van der Waals surface area contributed by atoms with Crippen LogP contribution in [0.4, 0.5) is 0 Å². The highest BCUT2D eigenvalue weighted by atomic mass is 31.2. The molecule has 1 nitrogen and oxygen atoms in total. The van der Waals surface area contributed by atoms with Gasteiger partial charge in [-0.1, -0.05) is 130 Å². The molecular formula is C26H33OPSi. The highest BCUT2D eigenvalue weighted by Gasteiger charge is 2.45. The Morgan fingerprint density at radius 3 is 1.48 bits per heavy atom. The molecule has 0 radical (unpaired) electrons. The van der Waals surface area contributed by atoms with Crippen LogP contribution in [0.1, 0.15) is 20.8 Å². The monoisotopic (exact) mass is 420 g/mol. The first-order valence-electron chi connectivity index (χ1n) is 10.4. The van der Waals surface area contributed by atoms with E-state index >= 15 is 0 Å². The van der Waals surface area contributed by atoms with Crippen LogP contribution in [0.25, 0.3) is 0 Å². The molecule has 3 rings (SSSR count). The topological polar surface area (TPSA) is 17.1 Å². The average molecular weight is 421 g/mol. The minimum absolute atomic E-state index is 0.0603. The first kappa shape index (κ1) is 21.8. The summed E-state index contributed by atoms with van der Waals surface area (Å²) in [5.74, 6) is 0. The molecule has 0 unspecified atom stereocenters. The second kappa shape index (κ2) is 8.46. The van der Waals surface area contributed by atoms with E-state index in [0.29, 0.717) is 11.7 Å². The second-order valence-electron chi connectivity index (χ2n) is 9.60. The summed E-state index contributed by atoms with van der Waals surface area (Å²) in [7, 11) is -4.65. The van der Waals surface area contributed by atoms with Crippen LogP contribution in [-0.2, 0) is 4.57 Å². The van der Waals surface area contributed by atoms with Gasteiger partial charge in [0, 0.05) is 16.8 Å². The third-order valence-corrected chi connectivity index (χ3v) is 14.3. The van der Waals surface area contributed by atoms with Crippen LogP contribution < -0.4 is 15.8 Å². The fourth-order valence-corrected chi connectivity index (χ4v) is 13.9. The predicted octanol–water partition coefficient (Wildman–Crippen LogP) is 6.03. The molecule has 0 aliphatic rings. The Kier molecular flexibility index (Phi) is 6.36. The molecule has 0 N–H and O–H groups in total. The van der Waals surface area contributed by atoms with Gasteiger partial charge in [-0.3, -0.25) is 0 Å². The third-order valence-electron chi connectivity index (χ3n) is 6.22. The van der Waals surface area contributed by atoms with Crippen molar-refractivity contribution in [3.8, 4) is 0 Å². The van der Waals surface area contributed by atoms with Crippen LogP contribution in [0.2, 0.25) is 18.6 Å². The molecule has 0 bridgehead atoms. The van der Waals surface area contributed by atoms with Crippen LogP contribution in [0.15, 0.2) is 91.0 Å². The molecule has 0 heterocycles. The molecule has 152 valence electrons. The molecule has 0 fully saturated rings. The summed E-state index contributed by atoms with van der Waals surface area (Å²) in [6.45, 7) is 11.8. The molecule has 0 saturated heterocycles. The van der Waals surface area contributed by atoms with Crippen molar-refractivity contribution in [3.63, 3.8) is 0 Å². The Bertz CT molecular complexity index is 916. The van der Waals surface area contributed by atoms with Gasteiger partial charge in [0.1, 0.15) is 7.14 Å². The SMILES string of the molecule is CC(C)(C)[C@@H](CP(=O)(c1ccccc1)c1ccccc1)[Si](C)(C)c1ccccc1. The van der Waals surface area contributed by atoms with E-state index in [1.807, 2.05) is 60.7 Å². The van der Waals surface area contributed by atoms with E-state index in [2.05, 4.69) is 64.2 Å². The Morgan fingerprint density at radius 1 is 0.724 bits per heavy atom. The van der Waals surface area contributed by atoms with E-state index in [1.165, 1.54) is 5.19 Å². The van der Waals surface area contributed by atoms with Gasteiger partial charge in [0.15, 0.2) is 0 Å². The summed E-state index contributed by atoms with van der Waals surface area (Å²) >= 11 is 0. The lowest BCUT2D eigenvalue weighted by Crippen LogP contribution is -2.52. The van der Waals surface area contributed by atoms with Crippen molar-refractivity contribution in [2.45, 2.75) is 39.4 Å². The Balaban J connectivity index is 2.14. The highest BCUT2D eigenvalue weighted by Crippen LogP contribution is 2.53. The van der Waals surface area contributed by atoms with Gasteiger partial charge >= 0.3 is 0 Å².